The predicted molar refractivity (Wildman–Crippen MR) is 95.5 cm³/mol. The van der Waals surface area contributed by atoms with Gasteiger partial charge in [-0.25, -0.2) is 4.79 Å². The van der Waals surface area contributed by atoms with E-state index in [1.54, 1.807) is 11.8 Å². The Labute approximate surface area is 140 Å². The van der Waals surface area contributed by atoms with E-state index in [0.29, 0.717) is 12.1 Å². The van der Waals surface area contributed by atoms with Crippen molar-refractivity contribution in [3.8, 4) is 6.07 Å². The molecule has 0 saturated carbocycles. The molecule has 0 aromatic heterocycles. The van der Waals surface area contributed by atoms with Gasteiger partial charge < -0.3 is 10.6 Å². The Morgan fingerprint density at radius 2 is 2.04 bits per heavy atom. The zero-order valence-corrected chi connectivity index (χ0v) is 13.8. The summed E-state index contributed by atoms with van der Waals surface area (Å²) in [6, 6.07) is 17.3. The van der Waals surface area contributed by atoms with E-state index in [9.17, 15) is 4.79 Å². The van der Waals surface area contributed by atoms with Crippen molar-refractivity contribution in [2.24, 2.45) is 0 Å². The summed E-state index contributed by atoms with van der Waals surface area (Å²) in [6.45, 7) is 2.57. The van der Waals surface area contributed by atoms with Crippen LogP contribution >= 0.6 is 11.8 Å². The van der Waals surface area contributed by atoms with E-state index in [0.717, 1.165) is 28.3 Å². The van der Waals surface area contributed by atoms with E-state index in [-0.39, 0.29) is 6.03 Å². The second kappa shape index (κ2) is 8.86. The molecule has 0 fully saturated rings. The van der Waals surface area contributed by atoms with Gasteiger partial charge in [0, 0.05) is 23.7 Å². The lowest BCUT2D eigenvalue weighted by Crippen LogP contribution is -2.30. The number of benzene rings is 2. The number of aryl methyl sites for hydroxylation is 1. The van der Waals surface area contributed by atoms with Gasteiger partial charge in [0.25, 0.3) is 0 Å². The van der Waals surface area contributed by atoms with Crippen LogP contribution in [0.5, 0.6) is 0 Å². The third-order valence-electron chi connectivity index (χ3n) is 3.20. The number of nitrogens with one attached hydrogen (secondary N) is 2. The fourth-order valence-corrected chi connectivity index (χ4v) is 2.93. The first-order valence-electron chi connectivity index (χ1n) is 7.36. The van der Waals surface area contributed by atoms with Gasteiger partial charge in [-0.3, -0.25) is 0 Å². The molecule has 4 nitrogen and oxygen atoms in total. The summed E-state index contributed by atoms with van der Waals surface area (Å²) in [4.78, 5) is 11.8. The average molecular weight is 325 g/mol. The molecule has 2 aromatic rings. The standard InChI is InChI=1S/C18H19N3OS/c1-14-5-4-8-17(11-14)21-18(22)20-9-10-23-13-16-7-3-2-6-15(16)12-19/h2-8,11H,9-10,13H2,1H3,(H2,20,21,22). The largest absolute Gasteiger partial charge is 0.337 e. The molecule has 0 aliphatic heterocycles. The molecule has 23 heavy (non-hydrogen) atoms. The highest BCUT2D eigenvalue weighted by atomic mass is 32.2. The first-order valence-corrected chi connectivity index (χ1v) is 8.52. The van der Waals surface area contributed by atoms with Crippen LogP contribution in [0.3, 0.4) is 0 Å². The van der Waals surface area contributed by atoms with Crippen LogP contribution in [0.15, 0.2) is 48.5 Å². The SMILES string of the molecule is Cc1cccc(NC(=O)NCCSCc2ccccc2C#N)c1. The van der Waals surface area contributed by atoms with Crippen molar-refractivity contribution in [1.82, 2.24) is 5.32 Å². The summed E-state index contributed by atoms with van der Waals surface area (Å²) >= 11 is 1.69. The van der Waals surface area contributed by atoms with Gasteiger partial charge >= 0.3 is 6.03 Å². The van der Waals surface area contributed by atoms with E-state index in [1.807, 2.05) is 55.5 Å². The third-order valence-corrected chi connectivity index (χ3v) is 4.21. The van der Waals surface area contributed by atoms with Gasteiger partial charge in [0.2, 0.25) is 0 Å². The summed E-state index contributed by atoms with van der Waals surface area (Å²) in [7, 11) is 0. The molecule has 2 aromatic carbocycles. The highest BCUT2D eigenvalue weighted by molar-refractivity contribution is 7.98. The summed E-state index contributed by atoms with van der Waals surface area (Å²) < 4.78 is 0. The minimum atomic E-state index is -0.200. The van der Waals surface area contributed by atoms with Gasteiger partial charge in [-0.1, -0.05) is 30.3 Å². The number of nitriles is 1. The van der Waals surface area contributed by atoms with Crippen LogP contribution in [0.2, 0.25) is 0 Å². The van der Waals surface area contributed by atoms with Gasteiger partial charge in [-0.2, -0.15) is 17.0 Å². The second-order valence-electron chi connectivity index (χ2n) is 5.07. The van der Waals surface area contributed by atoms with Gasteiger partial charge in [0.05, 0.1) is 11.6 Å². The lowest BCUT2D eigenvalue weighted by Gasteiger charge is -2.08. The van der Waals surface area contributed by atoms with Crippen LogP contribution in [0.25, 0.3) is 0 Å². The topological polar surface area (TPSA) is 64.9 Å². The molecule has 2 rings (SSSR count). The maximum Gasteiger partial charge on any atom is 0.319 e. The zero-order valence-electron chi connectivity index (χ0n) is 13.0. The van der Waals surface area contributed by atoms with Gasteiger partial charge in [0.1, 0.15) is 0 Å². The quantitative estimate of drug-likeness (QED) is 0.791. The smallest absolute Gasteiger partial charge is 0.319 e. The first-order chi connectivity index (χ1) is 11.2. The molecular formula is C18H19N3OS. The predicted octanol–water partition coefficient (Wildman–Crippen LogP) is 3.92. The van der Waals surface area contributed by atoms with Crippen LogP contribution in [0, 0.1) is 18.3 Å². The Morgan fingerprint density at radius 3 is 2.83 bits per heavy atom. The Bertz CT molecular complexity index is 709. The molecule has 0 spiro atoms. The lowest BCUT2D eigenvalue weighted by molar-refractivity contribution is 0.252. The van der Waals surface area contributed by atoms with Crippen LogP contribution in [-0.4, -0.2) is 18.3 Å². The molecule has 0 unspecified atom stereocenters. The fraction of sp³-hybridized carbons (Fsp3) is 0.222. The number of nitrogens with zero attached hydrogens (tertiary/aromatic N) is 1. The van der Waals surface area contributed by atoms with E-state index < -0.39 is 0 Å². The number of carbonyl (C=O) groups is 1. The van der Waals surface area contributed by atoms with Crippen molar-refractivity contribution in [2.45, 2.75) is 12.7 Å². The summed E-state index contributed by atoms with van der Waals surface area (Å²) in [5, 5.41) is 14.7. The monoisotopic (exact) mass is 325 g/mol. The third kappa shape index (κ3) is 5.68. The minimum Gasteiger partial charge on any atom is -0.337 e. The van der Waals surface area contributed by atoms with Crippen molar-refractivity contribution >= 4 is 23.5 Å². The molecule has 0 bridgehead atoms. The lowest BCUT2D eigenvalue weighted by atomic mass is 10.1. The number of rotatable bonds is 6. The molecule has 2 N–H and O–H groups in total. The Hall–Kier alpha value is -2.45. The number of anilines is 1. The zero-order chi connectivity index (χ0) is 16.5. The van der Waals surface area contributed by atoms with E-state index in [2.05, 4.69) is 16.7 Å². The summed E-state index contributed by atoms with van der Waals surface area (Å²) in [5.74, 6) is 1.56. The summed E-state index contributed by atoms with van der Waals surface area (Å²) in [5.41, 5.74) is 3.64. The fourth-order valence-electron chi connectivity index (χ4n) is 2.07. The summed E-state index contributed by atoms with van der Waals surface area (Å²) in [6.07, 6.45) is 0. The number of thioether (sulfide) groups is 1. The number of amides is 2. The molecule has 0 saturated heterocycles. The molecule has 118 valence electrons. The Balaban J connectivity index is 1.67. The van der Waals surface area contributed by atoms with Crippen molar-refractivity contribution in [2.75, 3.05) is 17.6 Å². The first kappa shape index (κ1) is 16.9. The Kier molecular flexibility index (Phi) is 6.52. The molecule has 0 radical (unpaired) electrons. The number of carbonyl (C=O) groups excluding carboxylic acids is 1. The van der Waals surface area contributed by atoms with E-state index in [1.165, 1.54) is 0 Å². The molecule has 0 heterocycles. The second-order valence-corrected chi connectivity index (χ2v) is 6.18. The Morgan fingerprint density at radius 1 is 1.22 bits per heavy atom. The number of hydrogen-bond donors (Lipinski definition) is 2. The highest BCUT2D eigenvalue weighted by Gasteiger charge is 2.03. The number of urea groups is 1. The molecule has 5 heteroatoms. The van der Waals surface area contributed by atoms with Crippen LogP contribution < -0.4 is 10.6 Å². The van der Waals surface area contributed by atoms with Crippen LogP contribution in [0.1, 0.15) is 16.7 Å². The van der Waals surface area contributed by atoms with Gasteiger partial charge in [-0.05, 0) is 36.2 Å². The van der Waals surface area contributed by atoms with Crippen LogP contribution in [-0.2, 0) is 5.75 Å². The molecular weight excluding hydrogens is 306 g/mol. The average Bonchev–Trinajstić information content (AvgIpc) is 2.55. The molecule has 2 amide bonds. The van der Waals surface area contributed by atoms with E-state index in [4.69, 9.17) is 5.26 Å². The van der Waals surface area contributed by atoms with Crippen molar-refractivity contribution in [1.29, 1.82) is 5.26 Å². The van der Waals surface area contributed by atoms with Gasteiger partial charge in [0.15, 0.2) is 0 Å². The minimum absolute atomic E-state index is 0.200. The molecule has 0 aliphatic carbocycles. The highest BCUT2D eigenvalue weighted by Crippen LogP contribution is 2.15. The van der Waals surface area contributed by atoms with Gasteiger partial charge in [-0.15, -0.1) is 0 Å². The molecule has 0 atom stereocenters. The van der Waals surface area contributed by atoms with Crippen molar-refractivity contribution in [3.05, 3.63) is 65.2 Å². The van der Waals surface area contributed by atoms with Crippen molar-refractivity contribution in [3.63, 3.8) is 0 Å². The maximum absolute atomic E-state index is 11.8. The van der Waals surface area contributed by atoms with E-state index >= 15 is 0 Å². The molecule has 0 aliphatic rings. The normalized spacial score (nSPS) is 9.91. The van der Waals surface area contributed by atoms with Crippen LogP contribution in [0.4, 0.5) is 10.5 Å². The number of hydrogen-bond acceptors (Lipinski definition) is 3. The van der Waals surface area contributed by atoms with Crippen molar-refractivity contribution < 1.29 is 4.79 Å². The maximum atomic E-state index is 11.8.